The van der Waals surface area contributed by atoms with Crippen molar-refractivity contribution >= 4 is 17.7 Å². The van der Waals surface area contributed by atoms with E-state index in [1.54, 1.807) is 22.8 Å². The molecule has 1 aliphatic carbocycles. The van der Waals surface area contributed by atoms with Crippen LogP contribution in [0.5, 0.6) is 0 Å². The van der Waals surface area contributed by atoms with Crippen molar-refractivity contribution in [1.29, 1.82) is 0 Å². The molecule has 7 heteroatoms. The number of hydrogen-bond acceptors (Lipinski definition) is 6. The molecule has 1 saturated carbocycles. The lowest BCUT2D eigenvalue weighted by Crippen LogP contribution is -2.51. The highest BCUT2D eigenvalue weighted by Gasteiger charge is 2.39. The van der Waals surface area contributed by atoms with Crippen LogP contribution in [0.3, 0.4) is 0 Å². The maximum atomic E-state index is 12.2. The van der Waals surface area contributed by atoms with Gasteiger partial charge < -0.3 is 4.74 Å². The third-order valence-corrected chi connectivity index (χ3v) is 4.67. The van der Waals surface area contributed by atoms with Gasteiger partial charge in [0.05, 0.1) is 6.61 Å². The van der Waals surface area contributed by atoms with E-state index in [0.29, 0.717) is 12.6 Å². The van der Waals surface area contributed by atoms with Crippen LogP contribution in [-0.2, 0) is 16.6 Å². The number of rotatable bonds is 9. The van der Waals surface area contributed by atoms with Crippen LogP contribution in [0.2, 0.25) is 0 Å². The molecular weight excluding hydrogens is 288 g/mol. The number of hydrogen-bond donors (Lipinski definition) is 1. The van der Waals surface area contributed by atoms with Gasteiger partial charge in [0.25, 0.3) is 0 Å². The number of ether oxygens (including phenoxy) is 1. The second-order valence-corrected chi connectivity index (χ2v) is 6.65. The van der Waals surface area contributed by atoms with E-state index in [9.17, 15) is 4.79 Å². The highest BCUT2D eigenvalue weighted by Crippen LogP contribution is 2.27. The van der Waals surface area contributed by atoms with Gasteiger partial charge >= 0.3 is 5.97 Å². The first-order chi connectivity index (χ1) is 10.0. The topological polar surface area (TPSA) is 69.0 Å². The Morgan fingerprint density at radius 2 is 2.38 bits per heavy atom. The third-order valence-electron chi connectivity index (χ3n) is 3.55. The predicted molar refractivity (Wildman–Crippen MR) is 82.2 cm³/mol. The molecule has 2 rings (SSSR count). The first-order valence-corrected chi connectivity index (χ1v) is 8.45. The van der Waals surface area contributed by atoms with Gasteiger partial charge in [-0.3, -0.25) is 10.1 Å². The van der Waals surface area contributed by atoms with Gasteiger partial charge in [0, 0.05) is 18.8 Å². The summed E-state index contributed by atoms with van der Waals surface area (Å²) in [4.78, 5) is 16.4. The summed E-state index contributed by atoms with van der Waals surface area (Å²) in [6, 6.07) is 0.478. The van der Waals surface area contributed by atoms with Gasteiger partial charge in [0.2, 0.25) is 0 Å². The van der Waals surface area contributed by atoms with Crippen molar-refractivity contribution in [3.63, 3.8) is 0 Å². The average Bonchev–Trinajstić information content (AvgIpc) is 3.16. The van der Waals surface area contributed by atoms with Crippen molar-refractivity contribution in [3.05, 3.63) is 6.33 Å². The number of nitrogens with one attached hydrogen (secondary N) is 1. The van der Waals surface area contributed by atoms with E-state index in [-0.39, 0.29) is 5.97 Å². The first kappa shape index (κ1) is 16.3. The van der Waals surface area contributed by atoms with Crippen molar-refractivity contribution in [2.75, 3.05) is 12.4 Å². The first-order valence-electron chi connectivity index (χ1n) is 7.47. The van der Waals surface area contributed by atoms with Gasteiger partial charge in [-0.25, -0.2) is 9.67 Å². The van der Waals surface area contributed by atoms with Crippen molar-refractivity contribution < 1.29 is 9.53 Å². The van der Waals surface area contributed by atoms with Crippen molar-refractivity contribution in [3.8, 4) is 0 Å². The Kier molecular flexibility index (Phi) is 5.64. The zero-order valence-corrected chi connectivity index (χ0v) is 13.8. The maximum absolute atomic E-state index is 12.2. The number of aromatic nitrogens is 3. The van der Waals surface area contributed by atoms with Crippen LogP contribution in [0.4, 0.5) is 0 Å². The van der Waals surface area contributed by atoms with E-state index in [1.807, 2.05) is 20.9 Å². The molecule has 1 unspecified atom stereocenters. The van der Waals surface area contributed by atoms with Crippen LogP contribution in [0.15, 0.2) is 11.5 Å². The minimum Gasteiger partial charge on any atom is -0.465 e. The molecule has 0 bridgehead atoms. The molecule has 1 N–H and O–H groups in total. The number of carbonyl (C=O) groups excluding carboxylic acids is 1. The number of thioether (sulfide) groups is 1. The van der Waals surface area contributed by atoms with E-state index in [0.717, 1.165) is 36.6 Å². The fourth-order valence-electron chi connectivity index (χ4n) is 2.21. The van der Waals surface area contributed by atoms with E-state index >= 15 is 0 Å². The summed E-state index contributed by atoms with van der Waals surface area (Å²) in [7, 11) is 1.88. The summed E-state index contributed by atoms with van der Waals surface area (Å²) in [5, 5.41) is 8.39. The lowest BCUT2D eigenvalue weighted by atomic mass is 9.96. The van der Waals surface area contributed by atoms with Gasteiger partial charge in [-0.1, -0.05) is 11.8 Å². The van der Waals surface area contributed by atoms with Crippen LogP contribution in [-0.4, -0.2) is 44.7 Å². The lowest BCUT2D eigenvalue weighted by Gasteiger charge is -2.28. The zero-order chi connectivity index (χ0) is 15.3. The highest BCUT2D eigenvalue weighted by molar-refractivity contribution is 7.99. The van der Waals surface area contributed by atoms with Gasteiger partial charge in [-0.05, 0) is 39.5 Å². The van der Waals surface area contributed by atoms with Crippen molar-refractivity contribution in [1.82, 2.24) is 20.1 Å². The summed E-state index contributed by atoms with van der Waals surface area (Å²) in [5.74, 6) is 0.772. The molecule has 1 atom stereocenters. The van der Waals surface area contributed by atoms with Crippen molar-refractivity contribution in [2.45, 2.75) is 56.3 Å². The SMILES string of the molecule is CCOC(=O)C(C)(CCCSc1ncnn1C)NC1CC1. The van der Waals surface area contributed by atoms with Gasteiger partial charge in [-0.2, -0.15) is 5.10 Å². The normalized spacial score (nSPS) is 17.5. The Balaban J connectivity index is 1.80. The van der Waals surface area contributed by atoms with Crippen LogP contribution in [0.25, 0.3) is 0 Å². The summed E-state index contributed by atoms with van der Waals surface area (Å²) in [6.07, 6.45) is 5.56. The molecule has 0 aliphatic heterocycles. The van der Waals surface area contributed by atoms with Crippen molar-refractivity contribution in [2.24, 2.45) is 7.05 Å². The fourth-order valence-corrected chi connectivity index (χ4v) is 3.03. The summed E-state index contributed by atoms with van der Waals surface area (Å²) in [6.45, 7) is 4.23. The molecule has 1 fully saturated rings. The summed E-state index contributed by atoms with van der Waals surface area (Å²) >= 11 is 1.66. The Labute approximate surface area is 130 Å². The Hall–Kier alpha value is -1.08. The molecule has 0 spiro atoms. The standard InChI is InChI=1S/C14H24N4O2S/c1-4-20-12(19)14(2,17-11-6-7-11)8-5-9-21-13-15-10-16-18(13)3/h10-11,17H,4-9H2,1-3H3. The van der Waals surface area contributed by atoms with E-state index in [1.165, 1.54) is 0 Å². The van der Waals surface area contributed by atoms with Crippen LogP contribution in [0.1, 0.15) is 39.5 Å². The largest absolute Gasteiger partial charge is 0.465 e. The second-order valence-electron chi connectivity index (χ2n) is 5.59. The number of esters is 1. The monoisotopic (exact) mass is 312 g/mol. The molecule has 1 aromatic heterocycles. The molecule has 1 aliphatic rings. The summed E-state index contributed by atoms with van der Waals surface area (Å²) < 4.78 is 6.98. The lowest BCUT2D eigenvalue weighted by molar-refractivity contribution is -0.151. The van der Waals surface area contributed by atoms with Gasteiger partial charge in [0.15, 0.2) is 5.16 Å². The predicted octanol–water partition coefficient (Wildman–Crippen LogP) is 1.76. The van der Waals surface area contributed by atoms with Gasteiger partial charge in [0.1, 0.15) is 11.9 Å². The Morgan fingerprint density at radius 3 is 2.95 bits per heavy atom. The molecule has 0 radical (unpaired) electrons. The second kappa shape index (κ2) is 7.26. The van der Waals surface area contributed by atoms with Crippen LogP contribution < -0.4 is 5.32 Å². The molecule has 0 saturated heterocycles. The molecule has 21 heavy (non-hydrogen) atoms. The summed E-state index contributed by atoms with van der Waals surface area (Å²) in [5.41, 5.74) is -0.572. The smallest absolute Gasteiger partial charge is 0.326 e. The molecule has 1 heterocycles. The molecule has 118 valence electrons. The minimum atomic E-state index is -0.572. The Morgan fingerprint density at radius 1 is 1.62 bits per heavy atom. The Bertz CT molecular complexity index is 475. The molecule has 0 amide bonds. The molecule has 1 aromatic rings. The zero-order valence-electron chi connectivity index (χ0n) is 13.0. The third kappa shape index (κ3) is 4.71. The quantitative estimate of drug-likeness (QED) is 0.426. The molecule has 0 aromatic carbocycles. The van der Waals surface area contributed by atoms with Crippen LogP contribution >= 0.6 is 11.8 Å². The maximum Gasteiger partial charge on any atom is 0.326 e. The minimum absolute atomic E-state index is 0.138. The number of nitrogens with zero attached hydrogens (tertiary/aromatic N) is 3. The van der Waals surface area contributed by atoms with Gasteiger partial charge in [-0.15, -0.1) is 0 Å². The molecule has 6 nitrogen and oxygen atoms in total. The van der Waals surface area contributed by atoms with Crippen LogP contribution in [0, 0.1) is 0 Å². The van der Waals surface area contributed by atoms with E-state index < -0.39 is 5.54 Å². The van der Waals surface area contributed by atoms with E-state index in [4.69, 9.17) is 4.74 Å². The fraction of sp³-hybridized carbons (Fsp3) is 0.786. The molecular formula is C14H24N4O2S. The number of carbonyl (C=O) groups is 1. The highest BCUT2D eigenvalue weighted by atomic mass is 32.2. The average molecular weight is 312 g/mol. The number of aryl methyl sites for hydroxylation is 1. The van der Waals surface area contributed by atoms with E-state index in [2.05, 4.69) is 15.4 Å².